The molecule has 2 aromatic rings. The van der Waals surface area contributed by atoms with Crippen LogP contribution < -0.4 is 5.32 Å². The maximum atomic E-state index is 12.3. The molecule has 8 heteroatoms. The van der Waals surface area contributed by atoms with Crippen LogP contribution in [0.1, 0.15) is 43.3 Å². The van der Waals surface area contributed by atoms with Crippen molar-refractivity contribution in [2.75, 3.05) is 25.0 Å². The van der Waals surface area contributed by atoms with E-state index in [-0.39, 0.29) is 11.8 Å². The Kier molecular flexibility index (Phi) is 5.35. The lowest BCUT2D eigenvalue weighted by molar-refractivity contribution is -0.132. The van der Waals surface area contributed by atoms with E-state index in [1.54, 1.807) is 18.5 Å². The average Bonchev–Trinajstić information content (AvgIpc) is 3.06. The van der Waals surface area contributed by atoms with Crippen molar-refractivity contribution in [1.29, 1.82) is 0 Å². The van der Waals surface area contributed by atoms with E-state index in [0.717, 1.165) is 32.4 Å². The van der Waals surface area contributed by atoms with E-state index in [4.69, 9.17) is 4.52 Å². The highest BCUT2D eigenvalue weighted by molar-refractivity contribution is 5.76. The smallest absolute Gasteiger partial charge is 0.229 e. The zero-order valence-corrected chi connectivity index (χ0v) is 13.8. The summed E-state index contributed by atoms with van der Waals surface area (Å²) in [6, 6.07) is 1.77. The second kappa shape index (κ2) is 7.85. The third kappa shape index (κ3) is 4.27. The van der Waals surface area contributed by atoms with Crippen LogP contribution in [-0.2, 0) is 4.79 Å². The molecule has 1 N–H and O–H groups in total. The van der Waals surface area contributed by atoms with Gasteiger partial charge < -0.3 is 14.7 Å². The minimum absolute atomic E-state index is 0.200. The van der Waals surface area contributed by atoms with E-state index < -0.39 is 0 Å². The molecule has 2 aromatic heterocycles. The maximum absolute atomic E-state index is 12.3. The quantitative estimate of drug-likeness (QED) is 0.806. The monoisotopic (exact) mass is 330 g/mol. The van der Waals surface area contributed by atoms with Crippen LogP contribution in [0.2, 0.25) is 0 Å². The first-order valence-corrected chi connectivity index (χ1v) is 8.31. The predicted octanol–water partition coefficient (Wildman–Crippen LogP) is 1.77. The van der Waals surface area contributed by atoms with Gasteiger partial charge in [-0.3, -0.25) is 4.79 Å². The number of aromatic nitrogens is 4. The van der Waals surface area contributed by atoms with Crippen molar-refractivity contribution in [2.24, 2.45) is 0 Å². The van der Waals surface area contributed by atoms with Gasteiger partial charge in [0.2, 0.25) is 17.7 Å². The van der Waals surface area contributed by atoms with Crippen LogP contribution in [0.5, 0.6) is 0 Å². The SMILES string of the molecule is Cc1noc(C2CCN(C(=O)CCCNc3ncccn3)CC2)n1. The zero-order chi connectivity index (χ0) is 16.8. The number of piperidine rings is 1. The molecule has 0 aliphatic carbocycles. The molecule has 0 aromatic carbocycles. The van der Waals surface area contributed by atoms with Crippen molar-refractivity contribution in [1.82, 2.24) is 25.0 Å². The first-order chi connectivity index (χ1) is 11.7. The Morgan fingerprint density at radius 1 is 1.33 bits per heavy atom. The molecule has 3 rings (SSSR count). The molecule has 1 fully saturated rings. The topological polar surface area (TPSA) is 97.0 Å². The molecule has 1 amide bonds. The molecule has 24 heavy (non-hydrogen) atoms. The van der Waals surface area contributed by atoms with Gasteiger partial charge in [0.05, 0.1) is 0 Å². The average molecular weight is 330 g/mol. The molecule has 0 unspecified atom stereocenters. The van der Waals surface area contributed by atoms with Crippen molar-refractivity contribution in [3.63, 3.8) is 0 Å². The number of hydrogen-bond donors (Lipinski definition) is 1. The molecule has 0 bridgehead atoms. The highest BCUT2D eigenvalue weighted by Crippen LogP contribution is 2.27. The van der Waals surface area contributed by atoms with Crippen LogP contribution in [0.25, 0.3) is 0 Å². The number of carbonyl (C=O) groups is 1. The van der Waals surface area contributed by atoms with Crippen LogP contribution in [0.4, 0.5) is 5.95 Å². The second-order valence-electron chi connectivity index (χ2n) is 5.94. The van der Waals surface area contributed by atoms with E-state index >= 15 is 0 Å². The Hall–Kier alpha value is -2.51. The molecule has 1 saturated heterocycles. The van der Waals surface area contributed by atoms with Gasteiger partial charge in [-0.05, 0) is 32.3 Å². The Labute approximate surface area is 140 Å². The third-order valence-corrected chi connectivity index (χ3v) is 4.16. The molecule has 0 atom stereocenters. The Bertz CT molecular complexity index is 652. The lowest BCUT2D eigenvalue weighted by Crippen LogP contribution is -2.38. The van der Waals surface area contributed by atoms with E-state index in [1.165, 1.54) is 0 Å². The van der Waals surface area contributed by atoms with E-state index in [0.29, 0.717) is 30.6 Å². The third-order valence-electron chi connectivity index (χ3n) is 4.16. The van der Waals surface area contributed by atoms with Crippen LogP contribution in [0, 0.1) is 6.92 Å². The number of carbonyl (C=O) groups excluding carboxylic acids is 1. The largest absolute Gasteiger partial charge is 0.354 e. The summed E-state index contributed by atoms with van der Waals surface area (Å²) < 4.78 is 5.24. The minimum Gasteiger partial charge on any atom is -0.354 e. The fraction of sp³-hybridized carbons (Fsp3) is 0.562. The summed E-state index contributed by atoms with van der Waals surface area (Å²) in [5.41, 5.74) is 0. The summed E-state index contributed by atoms with van der Waals surface area (Å²) in [6.45, 7) is 4.01. The number of nitrogens with zero attached hydrogens (tertiary/aromatic N) is 5. The van der Waals surface area contributed by atoms with Crippen molar-refractivity contribution in [2.45, 2.75) is 38.5 Å². The highest BCUT2D eigenvalue weighted by atomic mass is 16.5. The molecule has 0 saturated carbocycles. The predicted molar refractivity (Wildman–Crippen MR) is 87.3 cm³/mol. The summed E-state index contributed by atoms with van der Waals surface area (Å²) in [6.07, 6.45) is 6.43. The number of aryl methyl sites for hydroxylation is 1. The molecule has 1 aliphatic rings. The first kappa shape index (κ1) is 16.4. The van der Waals surface area contributed by atoms with Crippen LogP contribution in [0.15, 0.2) is 23.0 Å². The second-order valence-corrected chi connectivity index (χ2v) is 5.94. The molecular weight excluding hydrogens is 308 g/mol. The Balaban J connectivity index is 1.36. The highest BCUT2D eigenvalue weighted by Gasteiger charge is 2.26. The summed E-state index contributed by atoms with van der Waals surface area (Å²) in [7, 11) is 0. The summed E-state index contributed by atoms with van der Waals surface area (Å²) in [5.74, 6) is 2.43. The standard InChI is InChI=1S/C16H22N6O2/c1-12-20-15(24-21-12)13-5-10-22(11-6-13)14(23)4-2-7-17-16-18-8-3-9-19-16/h3,8-9,13H,2,4-7,10-11H2,1H3,(H,17,18,19). The number of rotatable bonds is 6. The maximum Gasteiger partial charge on any atom is 0.229 e. The van der Waals surface area contributed by atoms with E-state index in [2.05, 4.69) is 25.4 Å². The Morgan fingerprint density at radius 2 is 2.08 bits per heavy atom. The number of likely N-dealkylation sites (tertiary alicyclic amines) is 1. The summed E-state index contributed by atoms with van der Waals surface area (Å²) in [5, 5.41) is 6.95. The molecule has 3 heterocycles. The summed E-state index contributed by atoms with van der Waals surface area (Å²) in [4.78, 5) is 26.7. The fourth-order valence-electron chi connectivity index (χ4n) is 2.84. The minimum atomic E-state index is 0.200. The zero-order valence-electron chi connectivity index (χ0n) is 13.8. The lowest BCUT2D eigenvalue weighted by atomic mass is 9.96. The van der Waals surface area contributed by atoms with E-state index in [1.807, 2.05) is 11.8 Å². The van der Waals surface area contributed by atoms with Crippen LogP contribution >= 0.6 is 0 Å². The van der Waals surface area contributed by atoms with Gasteiger partial charge in [0.15, 0.2) is 5.82 Å². The van der Waals surface area contributed by atoms with Gasteiger partial charge in [-0.25, -0.2) is 9.97 Å². The number of hydrogen-bond acceptors (Lipinski definition) is 7. The molecular formula is C16H22N6O2. The van der Waals surface area contributed by atoms with Crippen molar-refractivity contribution in [3.8, 4) is 0 Å². The van der Waals surface area contributed by atoms with Crippen LogP contribution in [-0.4, -0.2) is 50.5 Å². The van der Waals surface area contributed by atoms with Crippen molar-refractivity contribution in [3.05, 3.63) is 30.2 Å². The number of anilines is 1. The Morgan fingerprint density at radius 3 is 2.75 bits per heavy atom. The normalized spacial score (nSPS) is 15.5. The van der Waals surface area contributed by atoms with Gasteiger partial charge in [0.25, 0.3) is 0 Å². The first-order valence-electron chi connectivity index (χ1n) is 8.31. The van der Waals surface area contributed by atoms with Gasteiger partial charge >= 0.3 is 0 Å². The molecule has 8 nitrogen and oxygen atoms in total. The molecule has 1 aliphatic heterocycles. The molecule has 128 valence electrons. The number of amides is 1. The van der Waals surface area contributed by atoms with Crippen LogP contribution in [0.3, 0.4) is 0 Å². The summed E-state index contributed by atoms with van der Waals surface area (Å²) >= 11 is 0. The van der Waals surface area contributed by atoms with Gasteiger partial charge in [-0.2, -0.15) is 4.98 Å². The van der Waals surface area contributed by atoms with Gasteiger partial charge in [-0.15, -0.1) is 0 Å². The van der Waals surface area contributed by atoms with Crippen molar-refractivity contribution < 1.29 is 9.32 Å². The van der Waals surface area contributed by atoms with Gasteiger partial charge in [0.1, 0.15) is 0 Å². The molecule has 0 spiro atoms. The van der Waals surface area contributed by atoms with E-state index in [9.17, 15) is 4.79 Å². The van der Waals surface area contributed by atoms with Gasteiger partial charge in [-0.1, -0.05) is 5.16 Å². The van der Waals surface area contributed by atoms with Gasteiger partial charge in [0, 0.05) is 44.4 Å². The lowest BCUT2D eigenvalue weighted by Gasteiger charge is -2.30. The number of nitrogens with one attached hydrogen (secondary N) is 1. The molecule has 0 radical (unpaired) electrons. The van der Waals surface area contributed by atoms with Crippen molar-refractivity contribution >= 4 is 11.9 Å². The fourth-order valence-corrected chi connectivity index (χ4v) is 2.84.